The van der Waals surface area contributed by atoms with E-state index in [1.807, 2.05) is 0 Å². The molecule has 8 heteroatoms. The number of fused-ring (bicyclic) bond motifs is 1. The number of anilines is 2. The highest BCUT2D eigenvalue weighted by Gasteiger charge is 2.27. The number of nitrogens with zero attached hydrogens (tertiary/aromatic N) is 3. The Balaban J connectivity index is 1.79. The molecule has 0 saturated heterocycles. The summed E-state index contributed by atoms with van der Waals surface area (Å²) in [5.74, 6) is 6.85. The van der Waals surface area contributed by atoms with Gasteiger partial charge in [0, 0.05) is 6.54 Å². The summed E-state index contributed by atoms with van der Waals surface area (Å²) in [7, 11) is 0. The number of aliphatic hydroxyl groups is 1. The summed E-state index contributed by atoms with van der Waals surface area (Å²) in [6, 6.07) is 0. The standard InChI is InChI=1S/C10H15N7O/c11-16-10-14-8(7-4-13-17-9(7)15-10)12-3-5-1-6(18)2-5/h4-6,18H,1-3,11H2,(H3,12,13,14,15,16,17). The first-order chi connectivity index (χ1) is 8.76. The molecule has 0 atom stereocenters. The van der Waals surface area contributed by atoms with Crippen molar-refractivity contribution in [2.75, 3.05) is 17.3 Å². The molecule has 0 radical (unpaired) electrons. The van der Waals surface area contributed by atoms with Crippen LogP contribution >= 0.6 is 0 Å². The molecule has 0 unspecified atom stereocenters. The number of aromatic nitrogens is 4. The van der Waals surface area contributed by atoms with Crippen LogP contribution in [0.25, 0.3) is 11.0 Å². The molecule has 1 fully saturated rings. The van der Waals surface area contributed by atoms with Crippen LogP contribution in [0.3, 0.4) is 0 Å². The number of hydrogen-bond donors (Lipinski definition) is 5. The summed E-state index contributed by atoms with van der Waals surface area (Å²) >= 11 is 0. The minimum atomic E-state index is -0.141. The van der Waals surface area contributed by atoms with E-state index in [0.29, 0.717) is 23.3 Å². The van der Waals surface area contributed by atoms with E-state index in [2.05, 4.69) is 30.9 Å². The highest BCUT2D eigenvalue weighted by atomic mass is 16.3. The maximum atomic E-state index is 9.24. The van der Waals surface area contributed by atoms with Gasteiger partial charge >= 0.3 is 0 Å². The van der Waals surface area contributed by atoms with Crippen LogP contribution in [0.15, 0.2) is 6.20 Å². The summed E-state index contributed by atoms with van der Waals surface area (Å²) in [4.78, 5) is 8.40. The van der Waals surface area contributed by atoms with E-state index in [1.54, 1.807) is 6.20 Å². The molecular formula is C10H15N7O. The van der Waals surface area contributed by atoms with Crippen LogP contribution in [0, 0.1) is 5.92 Å². The van der Waals surface area contributed by atoms with Gasteiger partial charge in [-0.25, -0.2) is 5.84 Å². The van der Waals surface area contributed by atoms with Crippen molar-refractivity contribution in [3.05, 3.63) is 6.20 Å². The average Bonchev–Trinajstić information content (AvgIpc) is 2.80. The number of H-pyrrole nitrogens is 1. The fourth-order valence-electron chi connectivity index (χ4n) is 2.14. The second-order valence-corrected chi connectivity index (χ2v) is 4.54. The van der Waals surface area contributed by atoms with Crippen molar-refractivity contribution in [2.24, 2.45) is 11.8 Å². The zero-order chi connectivity index (χ0) is 12.5. The van der Waals surface area contributed by atoms with Gasteiger partial charge in [0.2, 0.25) is 5.95 Å². The Labute approximate surface area is 103 Å². The van der Waals surface area contributed by atoms with Gasteiger partial charge < -0.3 is 10.4 Å². The van der Waals surface area contributed by atoms with E-state index < -0.39 is 0 Å². The van der Waals surface area contributed by atoms with Crippen LogP contribution in [0.4, 0.5) is 11.8 Å². The minimum Gasteiger partial charge on any atom is -0.393 e. The van der Waals surface area contributed by atoms with E-state index in [9.17, 15) is 5.11 Å². The maximum absolute atomic E-state index is 9.24. The quantitative estimate of drug-likeness (QED) is 0.376. The van der Waals surface area contributed by atoms with E-state index in [4.69, 9.17) is 5.84 Å². The molecule has 0 amide bonds. The van der Waals surface area contributed by atoms with Crippen molar-refractivity contribution < 1.29 is 5.11 Å². The fourth-order valence-corrected chi connectivity index (χ4v) is 2.14. The van der Waals surface area contributed by atoms with Gasteiger partial charge in [-0.05, 0) is 18.8 Å². The number of aliphatic hydroxyl groups excluding tert-OH is 1. The van der Waals surface area contributed by atoms with Gasteiger partial charge in [0.25, 0.3) is 0 Å². The molecule has 1 aliphatic rings. The number of nitrogens with one attached hydrogen (secondary N) is 3. The summed E-state index contributed by atoms with van der Waals surface area (Å²) < 4.78 is 0. The van der Waals surface area contributed by atoms with Crippen molar-refractivity contribution in [1.29, 1.82) is 0 Å². The van der Waals surface area contributed by atoms with Crippen LogP contribution in [0.2, 0.25) is 0 Å². The number of hydrazine groups is 1. The fraction of sp³-hybridized carbons (Fsp3) is 0.500. The molecule has 0 aliphatic heterocycles. The lowest BCUT2D eigenvalue weighted by atomic mass is 9.82. The third kappa shape index (κ3) is 1.95. The zero-order valence-corrected chi connectivity index (χ0v) is 9.72. The molecule has 6 N–H and O–H groups in total. The van der Waals surface area contributed by atoms with Crippen LogP contribution in [-0.4, -0.2) is 37.9 Å². The van der Waals surface area contributed by atoms with Crippen molar-refractivity contribution in [3.8, 4) is 0 Å². The van der Waals surface area contributed by atoms with Gasteiger partial charge in [0.1, 0.15) is 5.82 Å². The van der Waals surface area contributed by atoms with Gasteiger partial charge in [-0.1, -0.05) is 0 Å². The average molecular weight is 249 g/mol. The largest absolute Gasteiger partial charge is 0.393 e. The lowest BCUT2D eigenvalue weighted by molar-refractivity contribution is 0.0486. The zero-order valence-electron chi connectivity index (χ0n) is 9.72. The third-order valence-corrected chi connectivity index (χ3v) is 3.21. The lowest BCUT2D eigenvalue weighted by Crippen LogP contribution is -2.33. The number of nitrogen functional groups attached to an aromatic ring is 1. The van der Waals surface area contributed by atoms with E-state index in [0.717, 1.165) is 24.8 Å². The predicted octanol–water partition coefficient (Wildman–Crippen LogP) is -0.179. The minimum absolute atomic E-state index is 0.141. The molecule has 2 heterocycles. The summed E-state index contributed by atoms with van der Waals surface area (Å²) in [6.45, 7) is 0.776. The molecule has 3 rings (SSSR count). The first kappa shape index (κ1) is 11.2. The van der Waals surface area contributed by atoms with E-state index >= 15 is 0 Å². The summed E-state index contributed by atoms with van der Waals surface area (Å²) in [6.07, 6.45) is 3.22. The SMILES string of the molecule is NNc1nc(NCC2CC(O)C2)c2cn[nH]c2n1. The van der Waals surface area contributed by atoms with Crippen LogP contribution in [0.5, 0.6) is 0 Å². The van der Waals surface area contributed by atoms with Crippen LogP contribution in [-0.2, 0) is 0 Å². The molecule has 18 heavy (non-hydrogen) atoms. The third-order valence-electron chi connectivity index (χ3n) is 3.21. The van der Waals surface area contributed by atoms with Crippen molar-refractivity contribution in [2.45, 2.75) is 18.9 Å². The van der Waals surface area contributed by atoms with Gasteiger partial charge in [-0.3, -0.25) is 10.5 Å². The molecule has 2 aromatic heterocycles. The molecule has 0 bridgehead atoms. The first-order valence-electron chi connectivity index (χ1n) is 5.86. The monoisotopic (exact) mass is 249 g/mol. The van der Waals surface area contributed by atoms with Gasteiger partial charge in [-0.2, -0.15) is 15.1 Å². The van der Waals surface area contributed by atoms with Gasteiger partial charge in [-0.15, -0.1) is 0 Å². The topological polar surface area (TPSA) is 125 Å². The van der Waals surface area contributed by atoms with Crippen molar-refractivity contribution in [3.63, 3.8) is 0 Å². The normalized spacial score (nSPS) is 22.8. The highest BCUT2D eigenvalue weighted by Crippen LogP contribution is 2.28. The maximum Gasteiger partial charge on any atom is 0.241 e. The molecule has 96 valence electrons. The van der Waals surface area contributed by atoms with E-state index in [1.165, 1.54) is 0 Å². The van der Waals surface area contributed by atoms with Crippen molar-refractivity contribution in [1.82, 2.24) is 20.2 Å². The van der Waals surface area contributed by atoms with Crippen LogP contribution < -0.4 is 16.6 Å². The Hall–Kier alpha value is -1.93. The molecule has 0 spiro atoms. The molecule has 8 nitrogen and oxygen atoms in total. The Morgan fingerprint density at radius 2 is 2.28 bits per heavy atom. The smallest absolute Gasteiger partial charge is 0.241 e. The number of rotatable bonds is 4. The van der Waals surface area contributed by atoms with Crippen LogP contribution in [0.1, 0.15) is 12.8 Å². The second-order valence-electron chi connectivity index (χ2n) is 4.54. The summed E-state index contributed by atoms with van der Waals surface area (Å²) in [5, 5.41) is 20.0. The molecule has 0 aromatic carbocycles. The predicted molar refractivity (Wildman–Crippen MR) is 66.7 cm³/mol. The van der Waals surface area contributed by atoms with Crippen molar-refractivity contribution >= 4 is 22.8 Å². The van der Waals surface area contributed by atoms with Gasteiger partial charge in [0.05, 0.1) is 17.7 Å². The number of hydrogen-bond acceptors (Lipinski definition) is 7. The Bertz CT molecular complexity index is 548. The molecule has 1 aliphatic carbocycles. The molecular weight excluding hydrogens is 234 g/mol. The highest BCUT2D eigenvalue weighted by molar-refractivity contribution is 5.86. The second kappa shape index (κ2) is 4.39. The Morgan fingerprint density at radius 1 is 1.44 bits per heavy atom. The summed E-state index contributed by atoms with van der Waals surface area (Å²) in [5.41, 5.74) is 3.06. The Kier molecular flexibility index (Phi) is 2.73. The molecule has 2 aromatic rings. The number of nitrogens with two attached hydrogens (primary N) is 1. The van der Waals surface area contributed by atoms with E-state index in [-0.39, 0.29) is 6.10 Å². The number of aromatic amines is 1. The lowest BCUT2D eigenvalue weighted by Gasteiger charge is -2.31. The van der Waals surface area contributed by atoms with Gasteiger partial charge in [0.15, 0.2) is 5.65 Å². The Morgan fingerprint density at radius 3 is 3.00 bits per heavy atom. The first-order valence-corrected chi connectivity index (χ1v) is 5.86. The molecule has 1 saturated carbocycles.